The van der Waals surface area contributed by atoms with Gasteiger partial charge in [0.1, 0.15) is 11.6 Å². The van der Waals surface area contributed by atoms with E-state index in [1.165, 1.54) is 18.2 Å². The molecule has 3 atom stereocenters. The van der Waals surface area contributed by atoms with Gasteiger partial charge in [-0.25, -0.2) is 8.78 Å². The van der Waals surface area contributed by atoms with Crippen LogP contribution in [0.5, 0.6) is 0 Å². The molecular weight excluding hydrogens is 575 g/mol. The summed E-state index contributed by atoms with van der Waals surface area (Å²) >= 11 is 12.0. The Bertz CT molecular complexity index is 1230. The minimum Gasteiger partial charge on any atom is -0.357 e. The molecule has 2 aliphatic rings. The lowest BCUT2D eigenvalue weighted by Gasteiger charge is -2.31. The average molecular weight is 613 g/mol. The number of carbonyl (C=O) groups excluding carboxylic acids is 3. The van der Waals surface area contributed by atoms with Crippen molar-refractivity contribution >= 4 is 47.6 Å². The van der Waals surface area contributed by atoms with Gasteiger partial charge in [-0.05, 0) is 41.2 Å². The lowest BCUT2D eigenvalue weighted by atomic mass is 9.75. The fraction of sp³-hybridized carbons (Fsp3) is 0.483. The molecule has 0 unspecified atom stereocenters. The number of anilines is 1. The Morgan fingerprint density at radius 3 is 2.51 bits per heavy atom. The van der Waals surface area contributed by atoms with Crippen LogP contribution in [0.2, 0.25) is 10.0 Å². The summed E-state index contributed by atoms with van der Waals surface area (Å²) in [5.74, 6) is -1.55. The fourth-order valence-corrected chi connectivity index (χ4v) is 5.75. The molecule has 224 valence electrons. The summed E-state index contributed by atoms with van der Waals surface area (Å²) in [4.78, 5) is 33.9. The van der Waals surface area contributed by atoms with Crippen LogP contribution in [0, 0.1) is 17.0 Å². The maximum Gasteiger partial charge on any atom is 0.234 e. The monoisotopic (exact) mass is 611 g/mol. The van der Waals surface area contributed by atoms with Crippen molar-refractivity contribution in [1.82, 2.24) is 20.9 Å². The zero-order valence-electron chi connectivity index (χ0n) is 23.4. The quantitative estimate of drug-likeness (QED) is 0.250. The molecule has 0 bridgehead atoms. The van der Waals surface area contributed by atoms with Gasteiger partial charge in [-0.15, -0.1) is 0 Å². The maximum absolute atomic E-state index is 14.9. The average Bonchev–Trinajstić information content (AvgIpc) is 3.30. The third-order valence-corrected chi connectivity index (χ3v) is 7.70. The topological polar surface area (TPSA) is 103 Å². The minimum absolute atomic E-state index is 0.0130. The Hall–Kier alpha value is -2.79. The SMILES string of the molecule is CC(C)(C)C[C@H]1NC[C@H](c2cccc(Cl)c2F)[C@@H]1c1cc(F)c(Cl)cc1NC=O.O=CNCCN1CCNC(=O)C1. The molecule has 0 radical (unpaired) electrons. The number of benzene rings is 2. The molecule has 2 fully saturated rings. The molecule has 2 aliphatic heterocycles. The van der Waals surface area contributed by atoms with Gasteiger partial charge in [0.2, 0.25) is 18.7 Å². The van der Waals surface area contributed by atoms with Gasteiger partial charge < -0.3 is 21.3 Å². The molecule has 41 heavy (non-hydrogen) atoms. The first kappa shape index (κ1) is 32.7. The van der Waals surface area contributed by atoms with E-state index in [1.54, 1.807) is 12.1 Å². The first-order valence-electron chi connectivity index (χ1n) is 13.5. The first-order valence-corrected chi connectivity index (χ1v) is 14.2. The molecule has 0 spiro atoms. The number of carbonyl (C=O) groups is 3. The number of rotatable bonds is 9. The number of piperazine rings is 1. The van der Waals surface area contributed by atoms with Crippen LogP contribution in [0.3, 0.4) is 0 Å². The van der Waals surface area contributed by atoms with E-state index < -0.39 is 11.6 Å². The predicted molar refractivity (Wildman–Crippen MR) is 157 cm³/mol. The van der Waals surface area contributed by atoms with E-state index in [0.717, 1.165) is 19.5 Å². The molecule has 2 aromatic carbocycles. The molecule has 0 aliphatic carbocycles. The molecule has 0 aromatic heterocycles. The van der Waals surface area contributed by atoms with E-state index in [2.05, 4.69) is 42.0 Å². The zero-order chi connectivity index (χ0) is 30.2. The number of nitrogens with zero attached hydrogens (tertiary/aromatic N) is 1. The molecule has 2 aromatic rings. The lowest BCUT2D eigenvalue weighted by molar-refractivity contribution is -0.124. The Balaban J connectivity index is 0.000000322. The van der Waals surface area contributed by atoms with Gasteiger partial charge in [0.05, 0.1) is 16.6 Å². The van der Waals surface area contributed by atoms with E-state index in [9.17, 15) is 23.2 Å². The van der Waals surface area contributed by atoms with E-state index in [-0.39, 0.29) is 39.2 Å². The second-order valence-corrected chi connectivity index (χ2v) is 12.2. The standard InChI is InChI=1S/C22H24Cl2F2N2O.C7H13N3O2/c1-22(2,3)9-19-20(13-7-17(25)16(24)8-18(13)28-11-29)14(10-27-19)12-5-4-6-15(23)21(12)26;11-6-8-1-3-10-4-2-9-7(12)5-10/h4-8,11,14,19-20,27H,9-10H2,1-3H3,(H,28,29);6H,1-5H2,(H,8,11)(H,9,12)/t14-,19-,20+;/m1./s1. The highest BCUT2D eigenvalue weighted by atomic mass is 35.5. The number of halogens is 4. The van der Waals surface area contributed by atoms with Crippen LogP contribution in [0.1, 0.15) is 50.2 Å². The number of nitrogens with one attached hydrogen (secondary N) is 4. The van der Waals surface area contributed by atoms with E-state index in [0.29, 0.717) is 55.8 Å². The molecule has 4 N–H and O–H groups in total. The van der Waals surface area contributed by atoms with Crippen molar-refractivity contribution in [3.63, 3.8) is 0 Å². The van der Waals surface area contributed by atoms with Gasteiger partial charge in [-0.2, -0.15) is 0 Å². The summed E-state index contributed by atoms with van der Waals surface area (Å²) in [6, 6.07) is 7.62. The summed E-state index contributed by atoms with van der Waals surface area (Å²) in [6.45, 7) is 10.2. The van der Waals surface area contributed by atoms with Gasteiger partial charge in [-0.1, -0.05) is 56.1 Å². The molecule has 4 rings (SSSR count). The maximum atomic E-state index is 14.9. The van der Waals surface area contributed by atoms with Gasteiger partial charge >= 0.3 is 0 Å². The highest BCUT2D eigenvalue weighted by molar-refractivity contribution is 6.31. The normalized spacial score (nSPS) is 21.0. The Morgan fingerprint density at radius 2 is 1.85 bits per heavy atom. The summed E-state index contributed by atoms with van der Waals surface area (Å²) in [7, 11) is 0. The minimum atomic E-state index is -0.579. The third kappa shape index (κ3) is 9.10. The van der Waals surface area contributed by atoms with Crippen LogP contribution in [-0.2, 0) is 14.4 Å². The molecule has 3 amide bonds. The van der Waals surface area contributed by atoms with Crippen LogP contribution in [-0.4, -0.2) is 68.9 Å². The summed E-state index contributed by atoms with van der Waals surface area (Å²) in [6.07, 6.45) is 1.98. The smallest absolute Gasteiger partial charge is 0.234 e. The van der Waals surface area contributed by atoms with Gasteiger partial charge in [-0.3, -0.25) is 19.3 Å². The van der Waals surface area contributed by atoms with Crippen LogP contribution >= 0.6 is 23.2 Å². The summed E-state index contributed by atoms with van der Waals surface area (Å²) in [5, 5.41) is 11.4. The van der Waals surface area contributed by atoms with Crippen LogP contribution in [0.4, 0.5) is 14.5 Å². The van der Waals surface area contributed by atoms with Crippen molar-refractivity contribution in [2.24, 2.45) is 5.41 Å². The number of amides is 3. The Labute approximate surface area is 249 Å². The van der Waals surface area contributed by atoms with Gasteiger partial charge in [0, 0.05) is 56.3 Å². The van der Waals surface area contributed by atoms with Crippen LogP contribution in [0.25, 0.3) is 0 Å². The highest BCUT2D eigenvalue weighted by Gasteiger charge is 2.42. The van der Waals surface area contributed by atoms with Crippen molar-refractivity contribution in [2.75, 3.05) is 44.6 Å². The molecule has 8 nitrogen and oxygen atoms in total. The van der Waals surface area contributed by atoms with Crippen LogP contribution < -0.4 is 21.3 Å². The number of hydrogen-bond acceptors (Lipinski definition) is 5. The highest BCUT2D eigenvalue weighted by Crippen LogP contribution is 2.47. The first-order chi connectivity index (χ1) is 19.4. The second kappa shape index (κ2) is 14.9. The number of hydrogen-bond donors (Lipinski definition) is 4. The largest absolute Gasteiger partial charge is 0.357 e. The zero-order valence-corrected chi connectivity index (χ0v) is 24.9. The van der Waals surface area contributed by atoms with E-state index in [1.807, 2.05) is 4.90 Å². The van der Waals surface area contributed by atoms with Gasteiger partial charge in [0.25, 0.3) is 0 Å². The second-order valence-electron chi connectivity index (χ2n) is 11.4. The molecule has 2 heterocycles. The Kier molecular flexibility index (Phi) is 11.9. The van der Waals surface area contributed by atoms with Crippen molar-refractivity contribution < 1.29 is 23.2 Å². The summed E-state index contributed by atoms with van der Waals surface area (Å²) < 4.78 is 29.3. The molecule has 0 saturated carbocycles. The van der Waals surface area contributed by atoms with Crippen molar-refractivity contribution in [2.45, 2.75) is 45.1 Å². The van der Waals surface area contributed by atoms with Crippen molar-refractivity contribution in [3.05, 3.63) is 63.1 Å². The van der Waals surface area contributed by atoms with Crippen LogP contribution in [0.15, 0.2) is 30.3 Å². The fourth-order valence-electron chi connectivity index (χ4n) is 5.41. The summed E-state index contributed by atoms with van der Waals surface area (Å²) in [5.41, 5.74) is 1.47. The molecule has 12 heteroatoms. The Morgan fingerprint density at radius 1 is 1.10 bits per heavy atom. The van der Waals surface area contributed by atoms with Crippen molar-refractivity contribution in [1.29, 1.82) is 0 Å². The molecule has 2 saturated heterocycles. The predicted octanol–water partition coefficient (Wildman–Crippen LogP) is 4.28. The van der Waals surface area contributed by atoms with Gasteiger partial charge in [0.15, 0.2) is 0 Å². The molecular formula is C29H37Cl2F2N5O3. The third-order valence-electron chi connectivity index (χ3n) is 7.12. The van der Waals surface area contributed by atoms with E-state index in [4.69, 9.17) is 23.2 Å². The lowest BCUT2D eigenvalue weighted by Crippen LogP contribution is -2.49. The van der Waals surface area contributed by atoms with Crippen molar-refractivity contribution in [3.8, 4) is 0 Å². The van der Waals surface area contributed by atoms with E-state index >= 15 is 0 Å².